The van der Waals surface area contributed by atoms with E-state index >= 15 is 0 Å². The summed E-state index contributed by atoms with van der Waals surface area (Å²) in [6.07, 6.45) is -0.865. The minimum Gasteiger partial charge on any atom is -0.462 e. The first-order valence-electron chi connectivity index (χ1n) is 15.2. The lowest BCUT2D eigenvalue weighted by Crippen LogP contribution is -2.55. The second kappa shape index (κ2) is 12.4. The summed E-state index contributed by atoms with van der Waals surface area (Å²) >= 11 is 0. The van der Waals surface area contributed by atoms with Crippen LogP contribution in [-0.4, -0.2) is 94.3 Å². The zero-order valence-corrected chi connectivity index (χ0v) is 25.7. The fourth-order valence-electron chi connectivity index (χ4n) is 6.91. The van der Waals surface area contributed by atoms with Crippen molar-refractivity contribution in [3.05, 3.63) is 47.1 Å². The largest absolute Gasteiger partial charge is 0.462 e. The van der Waals surface area contributed by atoms with E-state index in [1.54, 1.807) is 4.90 Å². The van der Waals surface area contributed by atoms with Crippen LogP contribution >= 0.6 is 0 Å². The summed E-state index contributed by atoms with van der Waals surface area (Å²) in [5.41, 5.74) is 1.22. The Morgan fingerprint density at radius 2 is 2.00 bits per heavy atom. The third-order valence-corrected chi connectivity index (χ3v) is 9.22. The predicted molar refractivity (Wildman–Crippen MR) is 162 cm³/mol. The lowest BCUT2D eigenvalue weighted by molar-refractivity contribution is -0.137. The van der Waals surface area contributed by atoms with Gasteiger partial charge in [0.25, 0.3) is 5.91 Å². The van der Waals surface area contributed by atoms with Gasteiger partial charge in [-0.2, -0.15) is 33.5 Å². The number of rotatable bonds is 7. The minimum absolute atomic E-state index is 0.0256. The molecule has 1 N–H and O–H groups in total. The summed E-state index contributed by atoms with van der Waals surface area (Å²) in [5.74, 6) is -1.40. The van der Waals surface area contributed by atoms with Crippen LogP contribution < -0.4 is 14.5 Å². The SMILES string of the molecule is C=C(F)C(=O)N1CCN(c2nc(OC[C@@H]3CCCN3C)nc3c2CCN(c2c(C(F)(F)F)c(C)cc4[nH]ncc24)C3)C[C@@H]1CC#N. The Labute approximate surface area is 263 Å². The van der Waals surface area contributed by atoms with Gasteiger partial charge < -0.3 is 24.3 Å². The number of anilines is 2. The summed E-state index contributed by atoms with van der Waals surface area (Å²) in [6, 6.07) is 3.21. The fourth-order valence-corrected chi connectivity index (χ4v) is 6.91. The van der Waals surface area contributed by atoms with Crippen LogP contribution in [0.15, 0.2) is 24.7 Å². The molecule has 2 saturated heterocycles. The molecular formula is C31H35F4N9O2. The molecule has 11 nitrogen and oxygen atoms in total. The first-order chi connectivity index (χ1) is 22.0. The van der Waals surface area contributed by atoms with Gasteiger partial charge in [-0.25, -0.2) is 4.39 Å². The normalized spacial score (nSPS) is 20.6. The molecule has 3 aromatic rings. The van der Waals surface area contributed by atoms with Crippen molar-refractivity contribution in [2.24, 2.45) is 0 Å². The van der Waals surface area contributed by atoms with E-state index in [1.165, 1.54) is 24.1 Å². The Hall–Kier alpha value is -4.45. The highest BCUT2D eigenvalue weighted by atomic mass is 19.4. The molecule has 0 saturated carbocycles. The van der Waals surface area contributed by atoms with Gasteiger partial charge in [-0.3, -0.25) is 9.89 Å². The molecule has 1 aromatic carbocycles. The van der Waals surface area contributed by atoms with E-state index in [2.05, 4.69) is 27.7 Å². The molecule has 6 rings (SSSR count). The molecule has 0 spiro atoms. The molecule has 2 fully saturated rings. The molecular weight excluding hydrogens is 606 g/mol. The summed E-state index contributed by atoms with van der Waals surface area (Å²) < 4.78 is 63.4. The monoisotopic (exact) mass is 641 g/mol. The van der Waals surface area contributed by atoms with E-state index in [0.29, 0.717) is 42.0 Å². The molecule has 5 heterocycles. The van der Waals surface area contributed by atoms with Crippen molar-refractivity contribution in [2.45, 2.75) is 57.4 Å². The van der Waals surface area contributed by atoms with Gasteiger partial charge in [-0.1, -0.05) is 6.58 Å². The number of benzene rings is 1. The van der Waals surface area contributed by atoms with Crippen LogP contribution in [0, 0.1) is 18.3 Å². The Morgan fingerprint density at radius 1 is 1.20 bits per heavy atom. The predicted octanol–water partition coefficient (Wildman–Crippen LogP) is 4.13. The van der Waals surface area contributed by atoms with Gasteiger partial charge in [0, 0.05) is 43.2 Å². The number of alkyl halides is 3. The molecule has 46 heavy (non-hydrogen) atoms. The van der Waals surface area contributed by atoms with E-state index in [4.69, 9.17) is 14.7 Å². The minimum atomic E-state index is -4.60. The lowest BCUT2D eigenvalue weighted by Gasteiger charge is -2.42. The van der Waals surface area contributed by atoms with Crippen LogP contribution in [0.5, 0.6) is 6.01 Å². The van der Waals surface area contributed by atoms with E-state index in [0.717, 1.165) is 24.9 Å². The Morgan fingerprint density at radius 3 is 2.70 bits per heavy atom. The van der Waals surface area contributed by atoms with Crippen molar-refractivity contribution in [3.8, 4) is 12.1 Å². The Kier molecular flexibility index (Phi) is 8.49. The number of nitrogens with one attached hydrogen (secondary N) is 1. The van der Waals surface area contributed by atoms with Gasteiger partial charge in [0.2, 0.25) is 0 Å². The standard InChI is InChI=1S/C31H35F4N9O2/c1-18-13-24-23(14-37-40-24)27(26(18)31(33,34)35)42-10-7-22-25(16-42)38-30(46-17-21-5-4-9-41(21)3)39-28(22)43-11-12-44(29(45)19(2)32)20(15-43)6-8-36/h13-14,20-21H,2,4-7,9-12,15-17H2,1,3H3,(H,37,40)/t20-,21-/m0/s1. The third kappa shape index (κ3) is 5.93. The molecule has 1 amide bonds. The number of carbonyl (C=O) groups excluding carboxylic acids is 1. The Bertz CT molecular complexity index is 1700. The number of aromatic nitrogens is 4. The van der Waals surface area contributed by atoms with Crippen molar-refractivity contribution in [1.29, 1.82) is 5.26 Å². The number of hydrogen-bond donors (Lipinski definition) is 1. The van der Waals surface area contributed by atoms with Crippen LogP contribution in [-0.2, 0) is 23.9 Å². The molecule has 2 aromatic heterocycles. The van der Waals surface area contributed by atoms with Gasteiger partial charge in [-0.15, -0.1) is 0 Å². The first-order valence-corrected chi connectivity index (χ1v) is 15.2. The van der Waals surface area contributed by atoms with Crippen molar-refractivity contribution in [2.75, 3.05) is 56.2 Å². The first kappa shape index (κ1) is 31.5. The number of fused-ring (bicyclic) bond motifs is 2. The number of aromatic amines is 1. The number of nitrogens with zero attached hydrogens (tertiary/aromatic N) is 8. The van der Waals surface area contributed by atoms with Crippen LogP contribution in [0.4, 0.5) is 29.1 Å². The van der Waals surface area contributed by atoms with Crippen molar-refractivity contribution >= 4 is 28.3 Å². The summed E-state index contributed by atoms with van der Waals surface area (Å²) in [7, 11) is 2.02. The highest BCUT2D eigenvalue weighted by molar-refractivity contribution is 5.95. The lowest BCUT2D eigenvalue weighted by atomic mass is 9.98. The van der Waals surface area contributed by atoms with E-state index in [-0.39, 0.29) is 55.9 Å². The highest BCUT2D eigenvalue weighted by Gasteiger charge is 2.40. The third-order valence-electron chi connectivity index (χ3n) is 9.22. The number of piperazine rings is 1. The summed E-state index contributed by atoms with van der Waals surface area (Å²) in [6.45, 7) is 6.83. The van der Waals surface area contributed by atoms with Crippen LogP contribution in [0.2, 0.25) is 0 Å². The quantitative estimate of drug-likeness (QED) is 0.300. The number of nitriles is 1. The molecule has 0 unspecified atom stereocenters. The topological polar surface area (TPSA) is 118 Å². The second-order valence-electron chi connectivity index (χ2n) is 12.1. The molecule has 0 bridgehead atoms. The zero-order chi connectivity index (χ0) is 32.7. The molecule has 2 atom stereocenters. The Balaban J connectivity index is 1.38. The fraction of sp³-hybridized carbons (Fsp3) is 0.516. The molecule has 0 radical (unpaired) electrons. The van der Waals surface area contributed by atoms with Crippen molar-refractivity contribution in [3.63, 3.8) is 0 Å². The van der Waals surface area contributed by atoms with E-state index < -0.39 is 29.5 Å². The number of amides is 1. The number of likely N-dealkylation sites (tertiary alicyclic amines) is 1. The van der Waals surface area contributed by atoms with Crippen LogP contribution in [0.25, 0.3) is 10.9 Å². The average molecular weight is 642 g/mol. The van der Waals surface area contributed by atoms with Gasteiger partial charge in [0.1, 0.15) is 12.4 Å². The number of hydrogen-bond acceptors (Lipinski definition) is 9. The van der Waals surface area contributed by atoms with Gasteiger partial charge in [0.05, 0.1) is 53.7 Å². The average Bonchev–Trinajstić information content (AvgIpc) is 3.66. The van der Waals surface area contributed by atoms with Crippen LogP contribution in [0.1, 0.15) is 41.6 Å². The molecule has 15 heteroatoms. The maximum atomic E-state index is 14.5. The highest BCUT2D eigenvalue weighted by Crippen LogP contribution is 2.44. The van der Waals surface area contributed by atoms with E-state index in [9.17, 15) is 27.6 Å². The molecule has 3 aliphatic rings. The second-order valence-corrected chi connectivity index (χ2v) is 12.1. The molecule has 244 valence electrons. The molecule has 0 aliphatic carbocycles. The maximum absolute atomic E-state index is 14.5. The zero-order valence-electron chi connectivity index (χ0n) is 25.7. The molecule has 3 aliphatic heterocycles. The van der Waals surface area contributed by atoms with Gasteiger partial charge in [0.15, 0.2) is 5.83 Å². The van der Waals surface area contributed by atoms with Gasteiger partial charge in [-0.05, 0) is 51.4 Å². The number of H-pyrrole nitrogens is 1. The number of carbonyl (C=O) groups is 1. The summed E-state index contributed by atoms with van der Waals surface area (Å²) in [5, 5.41) is 16.7. The number of halogens is 4. The van der Waals surface area contributed by atoms with Crippen LogP contribution in [0.3, 0.4) is 0 Å². The summed E-state index contributed by atoms with van der Waals surface area (Å²) in [4.78, 5) is 29.2. The number of aryl methyl sites for hydroxylation is 1. The van der Waals surface area contributed by atoms with Gasteiger partial charge >= 0.3 is 12.2 Å². The number of ether oxygens (including phenoxy) is 1. The van der Waals surface area contributed by atoms with Crippen molar-refractivity contribution in [1.82, 2.24) is 30.0 Å². The van der Waals surface area contributed by atoms with Crippen molar-refractivity contribution < 1.29 is 27.1 Å². The maximum Gasteiger partial charge on any atom is 0.418 e. The number of likely N-dealkylation sites (N-methyl/N-ethyl adjacent to an activating group) is 1. The smallest absolute Gasteiger partial charge is 0.418 e. The van der Waals surface area contributed by atoms with E-state index in [1.807, 2.05) is 11.9 Å².